The van der Waals surface area contributed by atoms with Crippen molar-refractivity contribution in [2.24, 2.45) is 0 Å². The maximum Gasteiger partial charge on any atom is 0.0774 e. The Morgan fingerprint density at radius 2 is 1.64 bits per heavy atom. The Morgan fingerprint density at radius 3 is 2.07 bits per heavy atom. The number of hydrogen-bond acceptors (Lipinski definition) is 2. The van der Waals surface area contributed by atoms with Crippen LogP contribution >= 0.6 is 24.8 Å². The average Bonchev–Trinajstić information content (AvgIpc) is 2.05. The summed E-state index contributed by atoms with van der Waals surface area (Å²) in [6, 6.07) is 0. The van der Waals surface area contributed by atoms with E-state index in [1.165, 1.54) is 19.3 Å². The molecule has 4 heteroatoms. The van der Waals surface area contributed by atoms with E-state index in [0.717, 1.165) is 25.9 Å². The zero-order valence-electron chi connectivity index (χ0n) is 9.16. The molecular formula is C10H23Cl2NO. The highest BCUT2D eigenvalue weighted by Crippen LogP contribution is 2.28. The Balaban J connectivity index is 0. The minimum absolute atomic E-state index is 0. The number of aliphatic hydroxyl groups is 1. The standard InChI is InChI=1S/C10H21NO.2ClH/c1-3-11(2)9-10(12)7-5-4-6-8-10;;/h12H,3-9H2,1-2H3;2*1H. The summed E-state index contributed by atoms with van der Waals surface area (Å²) in [6.45, 7) is 4.01. The molecule has 0 aromatic rings. The van der Waals surface area contributed by atoms with Crippen LogP contribution in [0.5, 0.6) is 0 Å². The van der Waals surface area contributed by atoms with Crippen LogP contribution in [0.25, 0.3) is 0 Å². The SMILES string of the molecule is CCN(C)CC1(O)CCCCC1.Cl.Cl. The van der Waals surface area contributed by atoms with E-state index in [9.17, 15) is 5.11 Å². The van der Waals surface area contributed by atoms with Gasteiger partial charge in [0.15, 0.2) is 0 Å². The highest BCUT2D eigenvalue weighted by Gasteiger charge is 2.29. The fourth-order valence-electron chi connectivity index (χ4n) is 1.98. The monoisotopic (exact) mass is 243 g/mol. The zero-order valence-corrected chi connectivity index (χ0v) is 10.8. The van der Waals surface area contributed by atoms with Gasteiger partial charge in [-0.2, -0.15) is 0 Å². The highest BCUT2D eigenvalue weighted by molar-refractivity contribution is 5.85. The molecule has 1 aliphatic rings. The Labute approximate surface area is 99.9 Å². The van der Waals surface area contributed by atoms with Crippen LogP contribution in [0.4, 0.5) is 0 Å². The molecule has 1 saturated carbocycles. The molecule has 2 nitrogen and oxygen atoms in total. The molecule has 0 radical (unpaired) electrons. The lowest BCUT2D eigenvalue weighted by atomic mass is 9.84. The number of likely N-dealkylation sites (N-methyl/N-ethyl adjacent to an activating group) is 1. The predicted octanol–water partition coefficient (Wildman–Crippen LogP) is 2.48. The Morgan fingerprint density at radius 1 is 1.14 bits per heavy atom. The maximum atomic E-state index is 10.1. The van der Waals surface area contributed by atoms with Gasteiger partial charge in [0.2, 0.25) is 0 Å². The van der Waals surface area contributed by atoms with E-state index in [1.54, 1.807) is 0 Å². The third kappa shape index (κ3) is 5.40. The molecule has 0 atom stereocenters. The van der Waals surface area contributed by atoms with Crippen molar-refractivity contribution in [3.63, 3.8) is 0 Å². The fraction of sp³-hybridized carbons (Fsp3) is 1.00. The first-order valence-corrected chi connectivity index (χ1v) is 5.07. The number of hydrogen-bond donors (Lipinski definition) is 1. The molecule has 0 bridgehead atoms. The van der Waals surface area contributed by atoms with Crippen molar-refractivity contribution >= 4 is 24.8 Å². The molecule has 0 aromatic heterocycles. The predicted molar refractivity (Wildman–Crippen MR) is 65.7 cm³/mol. The summed E-state index contributed by atoms with van der Waals surface area (Å²) >= 11 is 0. The minimum atomic E-state index is -0.372. The quantitative estimate of drug-likeness (QED) is 0.824. The van der Waals surface area contributed by atoms with E-state index in [0.29, 0.717) is 0 Å². The summed E-state index contributed by atoms with van der Waals surface area (Å²) in [6.07, 6.45) is 5.70. The second-order valence-corrected chi connectivity index (χ2v) is 4.12. The molecule has 0 aromatic carbocycles. The summed E-state index contributed by atoms with van der Waals surface area (Å²) in [5.74, 6) is 0. The van der Waals surface area contributed by atoms with E-state index >= 15 is 0 Å². The van der Waals surface area contributed by atoms with Gasteiger partial charge in [-0.25, -0.2) is 0 Å². The fourth-order valence-corrected chi connectivity index (χ4v) is 1.98. The topological polar surface area (TPSA) is 23.5 Å². The molecular weight excluding hydrogens is 221 g/mol. The third-order valence-electron chi connectivity index (χ3n) is 2.89. The molecule has 0 aliphatic heterocycles. The van der Waals surface area contributed by atoms with Crippen molar-refractivity contribution in [3.8, 4) is 0 Å². The first kappa shape index (κ1) is 16.9. The number of nitrogens with zero attached hydrogens (tertiary/aromatic N) is 1. The molecule has 0 unspecified atom stereocenters. The van der Waals surface area contributed by atoms with Gasteiger partial charge in [-0.3, -0.25) is 0 Å². The summed E-state index contributed by atoms with van der Waals surface area (Å²) in [7, 11) is 2.08. The van der Waals surface area contributed by atoms with Gasteiger partial charge >= 0.3 is 0 Å². The smallest absolute Gasteiger partial charge is 0.0774 e. The van der Waals surface area contributed by atoms with Crippen LogP contribution in [0.15, 0.2) is 0 Å². The van der Waals surface area contributed by atoms with Crippen molar-refractivity contribution in [1.82, 2.24) is 4.90 Å². The minimum Gasteiger partial charge on any atom is -0.389 e. The summed E-state index contributed by atoms with van der Waals surface area (Å²) in [5.41, 5.74) is -0.372. The van der Waals surface area contributed by atoms with Crippen molar-refractivity contribution in [1.29, 1.82) is 0 Å². The van der Waals surface area contributed by atoms with E-state index in [-0.39, 0.29) is 30.4 Å². The van der Waals surface area contributed by atoms with Gasteiger partial charge in [0.1, 0.15) is 0 Å². The van der Waals surface area contributed by atoms with Gasteiger partial charge in [0.05, 0.1) is 5.60 Å². The summed E-state index contributed by atoms with van der Waals surface area (Å²) < 4.78 is 0. The lowest BCUT2D eigenvalue weighted by molar-refractivity contribution is -0.0198. The molecule has 0 heterocycles. The van der Waals surface area contributed by atoms with Gasteiger partial charge in [-0.1, -0.05) is 26.2 Å². The summed E-state index contributed by atoms with van der Waals surface area (Å²) in [5, 5.41) is 10.1. The second-order valence-electron chi connectivity index (χ2n) is 4.12. The molecule has 1 rings (SSSR count). The van der Waals surface area contributed by atoms with E-state index < -0.39 is 0 Å². The van der Waals surface area contributed by atoms with Gasteiger partial charge in [-0.15, -0.1) is 24.8 Å². The van der Waals surface area contributed by atoms with Gasteiger partial charge in [-0.05, 0) is 26.4 Å². The van der Waals surface area contributed by atoms with Crippen LogP contribution in [0.2, 0.25) is 0 Å². The van der Waals surface area contributed by atoms with Crippen LogP contribution in [-0.2, 0) is 0 Å². The van der Waals surface area contributed by atoms with E-state index in [1.807, 2.05) is 0 Å². The normalized spacial score (nSPS) is 19.7. The van der Waals surface area contributed by atoms with Crippen molar-refractivity contribution in [3.05, 3.63) is 0 Å². The largest absolute Gasteiger partial charge is 0.389 e. The van der Waals surface area contributed by atoms with Gasteiger partial charge in [0, 0.05) is 6.54 Å². The zero-order chi connectivity index (χ0) is 9.03. The second kappa shape index (κ2) is 7.75. The lowest BCUT2D eigenvalue weighted by Crippen LogP contribution is -2.42. The first-order chi connectivity index (χ1) is 5.66. The van der Waals surface area contributed by atoms with Gasteiger partial charge < -0.3 is 10.0 Å². The van der Waals surface area contributed by atoms with E-state index in [4.69, 9.17) is 0 Å². The van der Waals surface area contributed by atoms with Crippen molar-refractivity contribution < 1.29 is 5.11 Å². The molecule has 0 saturated heterocycles. The Kier molecular flexibility index (Phi) is 9.36. The average molecular weight is 244 g/mol. The van der Waals surface area contributed by atoms with Crippen LogP contribution < -0.4 is 0 Å². The maximum absolute atomic E-state index is 10.1. The highest BCUT2D eigenvalue weighted by atomic mass is 35.5. The number of halogens is 2. The van der Waals surface area contributed by atoms with Crippen molar-refractivity contribution in [2.45, 2.75) is 44.6 Å². The molecule has 0 spiro atoms. The van der Waals surface area contributed by atoms with Crippen LogP contribution in [0, 0.1) is 0 Å². The lowest BCUT2D eigenvalue weighted by Gasteiger charge is -2.35. The van der Waals surface area contributed by atoms with Crippen LogP contribution in [0.3, 0.4) is 0 Å². The molecule has 0 amide bonds. The first-order valence-electron chi connectivity index (χ1n) is 5.07. The Bertz CT molecular complexity index is 138. The third-order valence-corrected chi connectivity index (χ3v) is 2.89. The molecule has 1 aliphatic carbocycles. The van der Waals surface area contributed by atoms with Crippen LogP contribution in [-0.4, -0.2) is 35.7 Å². The molecule has 88 valence electrons. The molecule has 1 N–H and O–H groups in total. The van der Waals surface area contributed by atoms with E-state index in [2.05, 4.69) is 18.9 Å². The van der Waals surface area contributed by atoms with Crippen LogP contribution in [0.1, 0.15) is 39.0 Å². The molecule has 1 fully saturated rings. The van der Waals surface area contributed by atoms with Crippen molar-refractivity contribution in [2.75, 3.05) is 20.1 Å². The van der Waals surface area contributed by atoms with Gasteiger partial charge in [0.25, 0.3) is 0 Å². The molecule has 14 heavy (non-hydrogen) atoms. The number of rotatable bonds is 3. The summed E-state index contributed by atoms with van der Waals surface area (Å²) in [4.78, 5) is 2.20. The Hall–Kier alpha value is 0.500.